The van der Waals surface area contributed by atoms with Gasteiger partial charge < -0.3 is 19.3 Å². The summed E-state index contributed by atoms with van der Waals surface area (Å²) in [6, 6.07) is 6.13. The number of hydrogen-bond donors (Lipinski definition) is 1. The second-order valence-corrected chi connectivity index (χ2v) is 7.27. The first kappa shape index (κ1) is 21.2. The summed E-state index contributed by atoms with van der Waals surface area (Å²) in [4.78, 5) is 35.4. The Labute approximate surface area is 183 Å². The second kappa shape index (κ2) is 9.01. The molecule has 164 valence electrons. The lowest BCUT2D eigenvalue weighted by atomic mass is 9.95. The maximum Gasteiger partial charge on any atom is 0.295 e. The van der Waals surface area contributed by atoms with E-state index in [1.165, 1.54) is 24.1 Å². The third kappa shape index (κ3) is 3.96. The zero-order valence-electron chi connectivity index (χ0n) is 17.3. The van der Waals surface area contributed by atoms with Crippen LogP contribution in [0.25, 0.3) is 5.76 Å². The van der Waals surface area contributed by atoms with Crippen LogP contribution in [-0.2, 0) is 16.1 Å². The molecule has 0 aliphatic carbocycles. The second-order valence-electron chi connectivity index (χ2n) is 7.27. The van der Waals surface area contributed by atoms with Gasteiger partial charge in [0.1, 0.15) is 17.3 Å². The molecule has 0 radical (unpaired) electrons. The fourth-order valence-electron chi connectivity index (χ4n) is 3.86. The van der Waals surface area contributed by atoms with Crippen molar-refractivity contribution in [3.05, 3.63) is 84.0 Å². The van der Waals surface area contributed by atoms with E-state index in [9.17, 15) is 19.1 Å². The summed E-state index contributed by atoms with van der Waals surface area (Å²) in [5.74, 6) is -2.47. The molecule has 1 aromatic carbocycles. The zero-order valence-corrected chi connectivity index (χ0v) is 17.3. The maximum absolute atomic E-state index is 13.9. The Bertz CT molecular complexity index is 1160. The zero-order chi connectivity index (χ0) is 22.7. The predicted molar refractivity (Wildman–Crippen MR) is 113 cm³/mol. The van der Waals surface area contributed by atoms with Crippen LogP contribution in [0.2, 0.25) is 0 Å². The number of imidazole rings is 1. The molecule has 0 bridgehead atoms. The molecule has 1 atom stereocenters. The predicted octanol–water partition coefficient (Wildman–Crippen LogP) is 2.94. The standard InChI is InChI=1S/C23H21FN4O4/c1-32-18-4-3-16(24)13-17(18)21(29)19-20(15-5-7-25-8-6-15)28(23(31)22(19)30)11-2-10-27-12-9-26-14-27/h3-9,12-14,20,29H,2,10-11H2,1H3. The molecule has 1 fully saturated rings. The Morgan fingerprint density at radius 3 is 2.59 bits per heavy atom. The molecular weight excluding hydrogens is 415 g/mol. The summed E-state index contributed by atoms with van der Waals surface area (Å²) in [6.45, 7) is 0.872. The Morgan fingerprint density at radius 1 is 1.12 bits per heavy atom. The molecule has 0 spiro atoms. The topological polar surface area (TPSA) is 97.6 Å². The molecule has 1 unspecified atom stereocenters. The van der Waals surface area contributed by atoms with E-state index in [4.69, 9.17) is 4.74 Å². The van der Waals surface area contributed by atoms with E-state index in [-0.39, 0.29) is 23.4 Å². The summed E-state index contributed by atoms with van der Waals surface area (Å²) in [5, 5.41) is 11.1. The summed E-state index contributed by atoms with van der Waals surface area (Å²) in [6.07, 6.45) is 8.80. The molecule has 1 saturated heterocycles. The lowest BCUT2D eigenvalue weighted by Crippen LogP contribution is -2.31. The highest BCUT2D eigenvalue weighted by atomic mass is 19.1. The molecule has 3 heterocycles. The van der Waals surface area contributed by atoms with Crippen LogP contribution in [0.3, 0.4) is 0 Å². The molecule has 2 aromatic heterocycles. The fourth-order valence-corrected chi connectivity index (χ4v) is 3.86. The molecule has 1 aliphatic heterocycles. The number of benzene rings is 1. The van der Waals surface area contributed by atoms with Gasteiger partial charge in [0.2, 0.25) is 0 Å². The number of aryl methyl sites for hydroxylation is 1. The van der Waals surface area contributed by atoms with Crippen LogP contribution in [0.5, 0.6) is 5.75 Å². The number of nitrogens with zero attached hydrogens (tertiary/aromatic N) is 4. The largest absolute Gasteiger partial charge is 0.507 e. The Morgan fingerprint density at radius 2 is 1.91 bits per heavy atom. The van der Waals surface area contributed by atoms with E-state index in [1.54, 1.807) is 37.1 Å². The summed E-state index contributed by atoms with van der Waals surface area (Å²) in [7, 11) is 1.37. The number of methoxy groups -OCH3 is 1. The summed E-state index contributed by atoms with van der Waals surface area (Å²) < 4.78 is 21.0. The van der Waals surface area contributed by atoms with Crippen molar-refractivity contribution in [2.45, 2.75) is 19.0 Å². The molecule has 1 aliphatic rings. The average Bonchev–Trinajstić information content (AvgIpc) is 3.41. The van der Waals surface area contributed by atoms with Crippen molar-refractivity contribution in [3.8, 4) is 5.75 Å². The highest BCUT2D eigenvalue weighted by molar-refractivity contribution is 6.46. The SMILES string of the molecule is COc1ccc(F)cc1C(O)=C1C(=O)C(=O)N(CCCn2ccnc2)C1c1ccncc1. The van der Waals surface area contributed by atoms with Gasteiger partial charge in [0.25, 0.3) is 11.7 Å². The Balaban J connectivity index is 1.76. The van der Waals surface area contributed by atoms with E-state index in [0.29, 0.717) is 18.5 Å². The number of amides is 1. The van der Waals surface area contributed by atoms with Crippen LogP contribution in [0.1, 0.15) is 23.6 Å². The van der Waals surface area contributed by atoms with Gasteiger partial charge in [-0.1, -0.05) is 0 Å². The number of hydrogen-bond acceptors (Lipinski definition) is 6. The van der Waals surface area contributed by atoms with Gasteiger partial charge in [-0.2, -0.15) is 0 Å². The number of ether oxygens (including phenoxy) is 1. The van der Waals surface area contributed by atoms with Crippen LogP contribution in [-0.4, -0.2) is 49.9 Å². The van der Waals surface area contributed by atoms with Crippen molar-refractivity contribution in [2.75, 3.05) is 13.7 Å². The van der Waals surface area contributed by atoms with Crippen LogP contribution in [0, 0.1) is 5.82 Å². The minimum atomic E-state index is -0.839. The maximum atomic E-state index is 13.9. The van der Waals surface area contributed by atoms with Crippen molar-refractivity contribution in [3.63, 3.8) is 0 Å². The van der Waals surface area contributed by atoms with Gasteiger partial charge in [-0.15, -0.1) is 0 Å². The fraction of sp³-hybridized carbons (Fsp3) is 0.217. The number of aromatic nitrogens is 3. The highest BCUT2D eigenvalue weighted by Gasteiger charge is 2.46. The first-order valence-electron chi connectivity index (χ1n) is 9.99. The Kier molecular flexibility index (Phi) is 5.98. The van der Waals surface area contributed by atoms with E-state index in [0.717, 1.165) is 6.07 Å². The quantitative estimate of drug-likeness (QED) is 0.348. The number of rotatable bonds is 7. The molecule has 32 heavy (non-hydrogen) atoms. The van der Waals surface area contributed by atoms with Crippen LogP contribution < -0.4 is 4.74 Å². The van der Waals surface area contributed by atoms with Crippen molar-refractivity contribution in [1.29, 1.82) is 0 Å². The van der Waals surface area contributed by atoms with Gasteiger partial charge in [-0.05, 0) is 42.3 Å². The first-order valence-corrected chi connectivity index (χ1v) is 9.99. The number of carbonyl (C=O) groups is 2. The van der Waals surface area contributed by atoms with Gasteiger partial charge in [0.05, 0.1) is 30.6 Å². The van der Waals surface area contributed by atoms with E-state index < -0.39 is 29.3 Å². The van der Waals surface area contributed by atoms with E-state index >= 15 is 0 Å². The van der Waals surface area contributed by atoms with E-state index in [1.807, 2.05) is 10.8 Å². The number of carbonyl (C=O) groups excluding carboxylic acids is 2. The number of ketones is 1. The minimum Gasteiger partial charge on any atom is -0.507 e. The van der Waals surface area contributed by atoms with Crippen molar-refractivity contribution in [2.24, 2.45) is 0 Å². The monoisotopic (exact) mass is 436 g/mol. The number of aliphatic hydroxyl groups is 1. The number of pyridine rings is 1. The lowest BCUT2D eigenvalue weighted by molar-refractivity contribution is -0.139. The minimum absolute atomic E-state index is 0.00275. The molecule has 0 saturated carbocycles. The van der Waals surface area contributed by atoms with Gasteiger partial charge in [-0.25, -0.2) is 9.37 Å². The highest BCUT2D eigenvalue weighted by Crippen LogP contribution is 2.40. The summed E-state index contributed by atoms with van der Waals surface area (Å²) in [5.41, 5.74) is 0.495. The third-order valence-corrected chi connectivity index (χ3v) is 5.35. The van der Waals surface area contributed by atoms with Gasteiger partial charge in [0.15, 0.2) is 0 Å². The van der Waals surface area contributed by atoms with E-state index in [2.05, 4.69) is 9.97 Å². The molecule has 4 rings (SSSR count). The molecule has 9 heteroatoms. The molecule has 8 nitrogen and oxygen atoms in total. The molecular formula is C23H21FN4O4. The first-order chi connectivity index (χ1) is 15.5. The number of likely N-dealkylation sites (tertiary alicyclic amines) is 1. The van der Waals surface area contributed by atoms with Crippen LogP contribution >= 0.6 is 0 Å². The van der Waals surface area contributed by atoms with Crippen molar-refractivity contribution < 1.29 is 23.8 Å². The average molecular weight is 436 g/mol. The van der Waals surface area contributed by atoms with Crippen LogP contribution in [0.15, 0.2) is 67.0 Å². The number of halogens is 1. The smallest absolute Gasteiger partial charge is 0.295 e. The number of Topliss-reactive ketones (excluding diaryl/α,β-unsaturated/α-hetero) is 1. The van der Waals surface area contributed by atoms with Gasteiger partial charge >= 0.3 is 0 Å². The van der Waals surface area contributed by atoms with Crippen molar-refractivity contribution >= 4 is 17.4 Å². The third-order valence-electron chi connectivity index (χ3n) is 5.35. The van der Waals surface area contributed by atoms with Crippen molar-refractivity contribution in [1.82, 2.24) is 19.4 Å². The van der Waals surface area contributed by atoms with Gasteiger partial charge in [0, 0.05) is 37.9 Å². The summed E-state index contributed by atoms with van der Waals surface area (Å²) >= 11 is 0. The molecule has 1 N–H and O–H groups in total. The normalized spacial score (nSPS) is 17.7. The Hall–Kier alpha value is -4.01. The number of aliphatic hydroxyl groups excluding tert-OH is 1. The van der Waals surface area contributed by atoms with Gasteiger partial charge in [-0.3, -0.25) is 14.6 Å². The van der Waals surface area contributed by atoms with Crippen LogP contribution in [0.4, 0.5) is 4.39 Å². The lowest BCUT2D eigenvalue weighted by Gasteiger charge is -2.25. The molecule has 3 aromatic rings. The molecule has 1 amide bonds.